The molecule has 1 unspecified atom stereocenters. The summed E-state index contributed by atoms with van der Waals surface area (Å²) in [6.45, 7) is 1.21. The van der Waals surface area contributed by atoms with Gasteiger partial charge in [-0.05, 0) is 43.6 Å². The molecule has 3 rings (SSSR count). The molecule has 22 heavy (non-hydrogen) atoms. The van der Waals surface area contributed by atoms with Gasteiger partial charge in [-0.2, -0.15) is 0 Å². The number of benzene rings is 1. The van der Waals surface area contributed by atoms with Crippen molar-refractivity contribution in [3.63, 3.8) is 0 Å². The van der Waals surface area contributed by atoms with Crippen LogP contribution >= 0.6 is 0 Å². The fourth-order valence-electron chi connectivity index (χ4n) is 2.69. The molecule has 0 N–H and O–H groups in total. The molecule has 2 heterocycles. The lowest BCUT2D eigenvalue weighted by atomic mass is 9.92. The minimum absolute atomic E-state index is 0.0255. The highest BCUT2D eigenvalue weighted by atomic mass is 16.5. The van der Waals surface area contributed by atoms with Crippen molar-refractivity contribution >= 4 is 11.9 Å². The zero-order valence-corrected chi connectivity index (χ0v) is 13.0. The van der Waals surface area contributed by atoms with Crippen LogP contribution in [-0.2, 0) is 19.1 Å². The van der Waals surface area contributed by atoms with Gasteiger partial charge in [0.05, 0.1) is 13.2 Å². The second kappa shape index (κ2) is 9.23. The molecule has 2 saturated heterocycles. The lowest BCUT2D eigenvalue weighted by Crippen LogP contribution is -2.00. The van der Waals surface area contributed by atoms with Crippen molar-refractivity contribution in [3.05, 3.63) is 35.9 Å². The van der Waals surface area contributed by atoms with Crippen LogP contribution in [0.1, 0.15) is 56.4 Å². The van der Waals surface area contributed by atoms with Crippen LogP contribution in [0, 0.1) is 0 Å². The number of carbonyl (C=O) groups excluding carboxylic acids is 2. The number of cyclic esters (lactones) is 2. The molecule has 0 aliphatic carbocycles. The Labute approximate surface area is 131 Å². The fourth-order valence-corrected chi connectivity index (χ4v) is 2.69. The van der Waals surface area contributed by atoms with Crippen molar-refractivity contribution in [2.75, 3.05) is 13.2 Å². The summed E-state index contributed by atoms with van der Waals surface area (Å²) in [6.07, 6.45) is 6.26. The number of carbonyl (C=O) groups is 2. The molecule has 0 saturated carbocycles. The van der Waals surface area contributed by atoms with Gasteiger partial charge in [-0.25, -0.2) is 0 Å². The van der Waals surface area contributed by atoms with E-state index in [1.807, 2.05) is 18.2 Å². The van der Waals surface area contributed by atoms with Crippen molar-refractivity contribution in [3.8, 4) is 0 Å². The topological polar surface area (TPSA) is 52.6 Å². The van der Waals surface area contributed by atoms with Crippen molar-refractivity contribution in [1.82, 2.24) is 0 Å². The Kier molecular flexibility index (Phi) is 6.94. The Balaban J connectivity index is 0.000000188. The molecule has 0 amide bonds. The molecule has 4 heteroatoms. The van der Waals surface area contributed by atoms with Crippen LogP contribution in [0.15, 0.2) is 30.3 Å². The van der Waals surface area contributed by atoms with E-state index < -0.39 is 0 Å². The molecule has 2 fully saturated rings. The van der Waals surface area contributed by atoms with Crippen LogP contribution < -0.4 is 0 Å². The van der Waals surface area contributed by atoms with Crippen LogP contribution in [0.3, 0.4) is 0 Å². The molecule has 1 aromatic rings. The van der Waals surface area contributed by atoms with Gasteiger partial charge < -0.3 is 9.47 Å². The third-order valence-corrected chi connectivity index (χ3v) is 3.99. The summed E-state index contributed by atoms with van der Waals surface area (Å²) in [6, 6.07) is 10.4. The molecular formula is C18H24O4. The highest BCUT2D eigenvalue weighted by molar-refractivity contribution is 5.69. The van der Waals surface area contributed by atoms with Crippen LogP contribution in [0.25, 0.3) is 0 Å². The van der Waals surface area contributed by atoms with Crippen molar-refractivity contribution in [2.45, 2.75) is 50.9 Å². The van der Waals surface area contributed by atoms with Gasteiger partial charge in [-0.15, -0.1) is 0 Å². The predicted octanol–water partition coefficient (Wildman–Crippen LogP) is 3.60. The van der Waals surface area contributed by atoms with Crippen LogP contribution in [-0.4, -0.2) is 25.2 Å². The number of rotatable bonds is 1. The SMILES string of the molecule is O=C1CCC(c2ccccc2)CCO1.O=C1CCCCCO1. The quantitative estimate of drug-likeness (QED) is 0.744. The van der Waals surface area contributed by atoms with Crippen molar-refractivity contribution in [2.24, 2.45) is 0 Å². The maximum atomic E-state index is 11.0. The van der Waals surface area contributed by atoms with Gasteiger partial charge >= 0.3 is 11.9 Å². The van der Waals surface area contributed by atoms with Crippen LogP contribution in [0.2, 0.25) is 0 Å². The molecule has 2 aliphatic heterocycles. The van der Waals surface area contributed by atoms with Gasteiger partial charge in [-0.1, -0.05) is 30.3 Å². The predicted molar refractivity (Wildman–Crippen MR) is 83.4 cm³/mol. The van der Waals surface area contributed by atoms with E-state index in [0.29, 0.717) is 32.0 Å². The highest BCUT2D eigenvalue weighted by Crippen LogP contribution is 2.27. The highest BCUT2D eigenvalue weighted by Gasteiger charge is 2.18. The molecule has 1 aromatic carbocycles. The summed E-state index contributed by atoms with van der Waals surface area (Å²) in [7, 11) is 0. The Hall–Kier alpha value is -1.84. The first-order valence-corrected chi connectivity index (χ1v) is 8.12. The third kappa shape index (κ3) is 5.88. The summed E-state index contributed by atoms with van der Waals surface area (Å²) in [5, 5.41) is 0. The van der Waals surface area contributed by atoms with Gasteiger partial charge in [0, 0.05) is 12.8 Å². The van der Waals surface area contributed by atoms with Gasteiger partial charge in [-0.3, -0.25) is 9.59 Å². The molecule has 0 spiro atoms. The fraction of sp³-hybridized carbons (Fsp3) is 0.556. The summed E-state index contributed by atoms with van der Waals surface area (Å²) in [5.74, 6) is 0.411. The first-order valence-electron chi connectivity index (χ1n) is 8.12. The van der Waals surface area contributed by atoms with Gasteiger partial charge in [0.25, 0.3) is 0 Å². The Morgan fingerprint density at radius 3 is 2.32 bits per heavy atom. The maximum Gasteiger partial charge on any atom is 0.305 e. The second-order valence-electron chi connectivity index (χ2n) is 5.69. The normalized spacial score (nSPS) is 22.3. The monoisotopic (exact) mass is 304 g/mol. The van der Waals surface area contributed by atoms with Gasteiger partial charge in [0.15, 0.2) is 0 Å². The van der Waals surface area contributed by atoms with Crippen molar-refractivity contribution < 1.29 is 19.1 Å². The second-order valence-corrected chi connectivity index (χ2v) is 5.69. The van der Waals surface area contributed by atoms with E-state index in [1.54, 1.807) is 0 Å². The van der Waals surface area contributed by atoms with E-state index in [2.05, 4.69) is 12.1 Å². The van der Waals surface area contributed by atoms with Crippen LogP contribution in [0.4, 0.5) is 0 Å². The third-order valence-electron chi connectivity index (χ3n) is 3.99. The Morgan fingerprint density at radius 2 is 1.50 bits per heavy atom. The Bertz CT molecular complexity index is 459. The van der Waals surface area contributed by atoms with Crippen molar-refractivity contribution in [1.29, 1.82) is 0 Å². The largest absolute Gasteiger partial charge is 0.466 e. The van der Waals surface area contributed by atoms with E-state index >= 15 is 0 Å². The average molecular weight is 304 g/mol. The number of hydrogen-bond donors (Lipinski definition) is 0. The van der Waals surface area contributed by atoms with E-state index in [0.717, 1.165) is 32.1 Å². The molecular weight excluding hydrogens is 280 g/mol. The summed E-state index contributed by atoms with van der Waals surface area (Å²) in [4.78, 5) is 21.5. The molecule has 2 aliphatic rings. The lowest BCUT2D eigenvalue weighted by Gasteiger charge is -2.12. The summed E-state index contributed by atoms with van der Waals surface area (Å²) >= 11 is 0. The number of hydrogen-bond acceptors (Lipinski definition) is 4. The molecule has 0 radical (unpaired) electrons. The lowest BCUT2D eigenvalue weighted by molar-refractivity contribution is -0.143. The first-order chi connectivity index (χ1) is 10.8. The smallest absolute Gasteiger partial charge is 0.305 e. The molecule has 120 valence electrons. The summed E-state index contributed by atoms with van der Waals surface area (Å²) in [5.41, 5.74) is 1.32. The van der Waals surface area contributed by atoms with Gasteiger partial charge in [0.1, 0.15) is 0 Å². The molecule has 0 aromatic heterocycles. The first kappa shape index (κ1) is 16.5. The maximum absolute atomic E-state index is 11.0. The summed E-state index contributed by atoms with van der Waals surface area (Å²) < 4.78 is 9.78. The zero-order chi connectivity index (χ0) is 15.6. The van der Waals surface area contributed by atoms with E-state index in [1.165, 1.54) is 5.56 Å². The zero-order valence-electron chi connectivity index (χ0n) is 13.0. The number of esters is 2. The average Bonchev–Trinajstić information content (AvgIpc) is 2.91. The minimum Gasteiger partial charge on any atom is -0.466 e. The van der Waals surface area contributed by atoms with Crippen LogP contribution in [0.5, 0.6) is 0 Å². The van der Waals surface area contributed by atoms with E-state index in [9.17, 15) is 9.59 Å². The Morgan fingerprint density at radius 1 is 0.773 bits per heavy atom. The molecule has 0 bridgehead atoms. The number of ether oxygens (including phenoxy) is 2. The molecule has 4 nitrogen and oxygen atoms in total. The van der Waals surface area contributed by atoms with E-state index in [-0.39, 0.29) is 11.9 Å². The van der Waals surface area contributed by atoms with Gasteiger partial charge in [0.2, 0.25) is 0 Å². The minimum atomic E-state index is -0.0524. The standard InChI is InChI=1S/C12H14O2.C6H10O2/c13-12-7-6-11(8-9-14-12)10-4-2-1-3-5-10;7-6-4-2-1-3-5-8-6/h1-5,11H,6-9H2;1-5H2. The van der Waals surface area contributed by atoms with E-state index in [4.69, 9.17) is 9.47 Å². The molecule has 1 atom stereocenters.